The molecule has 29 heavy (non-hydrogen) atoms. The number of anilines is 1. The van der Waals surface area contributed by atoms with Crippen molar-refractivity contribution in [3.8, 4) is 0 Å². The average Bonchev–Trinajstić information content (AvgIpc) is 3.05. The van der Waals surface area contributed by atoms with Gasteiger partial charge in [-0.1, -0.05) is 59.4 Å². The molecule has 3 aromatic rings. The summed E-state index contributed by atoms with van der Waals surface area (Å²) in [6, 6.07) is 16.6. The highest BCUT2D eigenvalue weighted by atomic mass is 32.2. The molecule has 2 N–H and O–H groups in total. The van der Waals surface area contributed by atoms with Gasteiger partial charge in [-0.2, -0.15) is 0 Å². The third-order valence-electron chi connectivity index (χ3n) is 4.33. The molecule has 0 unspecified atom stereocenters. The van der Waals surface area contributed by atoms with Crippen molar-refractivity contribution in [2.24, 2.45) is 0 Å². The summed E-state index contributed by atoms with van der Waals surface area (Å²) in [5.74, 6) is -0.242. The first kappa shape index (κ1) is 21.0. The van der Waals surface area contributed by atoms with Gasteiger partial charge in [0.05, 0.1) is 10.6 Å². The highest BCUT2D eigenvalue weighted by Crippen LogP contribution is 2.25. The number of nitrogens with one attached hydrogen (secondary N) is 2. The first-order valence-electron chi connectivity index (χ1n) is 9.24. The molecule has 6 nitrogen and oxygen atoms in total. The smallest absolute Gasteiger partial charge is 0.263 e. The van der Waals surface area contributed by atoms with Crippen molar-refractivity contribution in [2.45, 2.75) is 31.6 Å². The molecule has 1 heterocycles. The lowest BCUT2D eigenvalue weighted by atomic mass is 10.1. The fourth-order valence-electron chi connectivity index (χ4n) is 2.76. The molecule has 0 aliphatic rings. The van der Waals surface area contributed by atoms with E-state index in [1.54, 1.807) is 31.2 Å². The molecule has 152 valence electrons. The van der Waals surface area contributed by atoms with Crippen molar-refractivity contribution in [1.82, 2.24) is 10.3 Å². The molecule has 0 spiro atoms. The molecule has 2 aromatic carbocycles. The van der Waals surface area contributed by atoms with E-state index in [9.17, 15) is 13.2 Å². The summed E-state index contributed by atoms with van der Waals surface area (Å²) in [6.45, 7) is 4.12. The van der Waals surface area contributed by atoms with Gasteiger partial charge in [0, 0.05) is 6.54 Å². The normalized spacial score (nSPS) is 11.2. The van der Waals surface area contributed by atoms with Crippen LogP contribution in [0.4, 0.5) is 5.13 Å². The van der Waals surface area contributed by atoms with E-state index in [0.717, 1.165) is 29.7 Å². The van der Waals surface area contributed by atoms with Crippen LogP contribution >= 0.6 is 11.3 Å². The van der Waals surface area contributed by atoms with Crippen LogP contribution in [0.15, 0.2) is 59.5 Å². The van der Waals surface area contributed by atoms with Crippen molar-refractivity contribution >= 4 is 32.4 Å². The maximum absolute atomic E-state index is 12.5. The van der Waals surface area contributed by atoms with E-state index in [1.165, 1.54) is 5.56 Å². The van der Waals surface area contributed by atoms with Gasteiger partial charge in [-0.15, -0.1) is 0 Å². The highest BCUT2D eigenvalue weighted by molar-refractivity contribution is 7.93. The number of carbonyl (C=O) groups is 1. The van der Waals surface area contributed by atoms with E-state index in [-0.39, 0.29) is 15.9 Å². The summed E-state index contributed by atoms with van der Waals surface area (Å²) in [5, 5.41) is 3.06. The van der Waals surface area contributed by atoms with E-state index in [1.807, 2.05) is 25.1 Å². The van der Waals surface area contributed by atoms with Crippen LogP contribution in [0.25, 0.3) is 0 Å². The van der Waals surface area contributed by atoms with Gasteiger partial charge in [-0.05, 0) is 44.4 Å². The van der Waals surface area contributed by atoms with E-state index >= 15 is 0 Å². The second-order valence-electron chi connectivity index (χ2n) is 6.70. The molecule has 1 amide bonds. The van der Waals surface area contributed by atoms with E-state index in [0.29, 0.717) is 17.1 Å². The van der Waals surface area contributed by atoms with Crippen LogP contribution in [0.2, 0.25) is 0 Å². The minimum Gasteiger partial charge on any atom is -0.351 e. The van der Waals surface area contributed by atoms with Crippen LogP contribution < -0.4 is 10.0 Å². The molecule has 3 rings (SSSR count). The summed E-state index contributed by atoms with van der Waals surface area (Å²) in [4.78, 5) is 17.2. The maximum Gasteiger partial charge on any atom is 0.263 e. The Kier molecular flexibility index (Phi) is 6.66. The van der Waals surface area contributed by atoms with Gasteiger partial charge < -0.3 is 5.32 Å². The molecule has 0 atom stereocenters. The Morgan fingerprint density at radius 1 is 1.03 bits per heavy atom. The standard InChI is InChI=1S/C21H23N3O3S2/c1-15-10-12-18(13-11-15)29(26,27)24-21-23-16(2)19(28-21)20(25)22-14-6-9-17-7-4-3-5-8-17/h3-5,7-8,10-13H,6,9,14H2,1-2H3,(H,22,25)(H,23,24). The minimum absolute atomic E-state index is 0.155. The second-order valence-corrected chi connectivity index (χ2v) is 9.38. The van der Waals surface area contributed by atoms with Crippen molar-refractivity contribution in [3.63, 3.8) is 0 Å². The van der Waals surface area contributed by atoms with Gasteiger partial charge in [0.25, 0.3) is 15.9 Å². The highest BCUT2D eigenvalue weighted by Gasteiger charge is 2.20. The lowest BCUT2D eigenvalue weighted by Gasteiger charge is -2.05. The van der Waals surface area contributed by atoms with Crippen LogP contribution in [0, 0.1) is 13.8 Å². The third kappa shape index (κ3) is 5.65. The molecule has 0 radical (unpaired) electrons. The summed E-state index contributed by atoms with van der Waals surface area (Å²) in [6.07, 6.45) is 1.70. The van der Waals surface area contributed by atoms with Gasteiger partial charge in [0.2, 0.25) is 0 Å². The monoisotopic (exact) mass is 429 g/mol. The Bertz CT molecular complexity index is 1080. The van der Waals surface area contributed by atoms with Crippen LogP contribution in [0.3, 0.4) is 0 Å². The molecular weight excluding hydrogens is 406 g/mol. The molecule has 8 heteroatoms. The Hall–Kier alpha value is -2.71. The molecule has 0 bridgehead atoms. The van der Waals surface area contributed by atoms with Crippen LogP contribution in [0.5, 0.6) is 0 Å². The number of hydrogen-bond donors (Lipinski definition) is 2. The molecule has 0 saturated heterocycles. The fourth-order valence-corrected chi connectivity index (χ4v) is 4.88. The number of benzene rings is 2. The third-order valence-corrected chi connectivity index (χ3v) is 6.88. The summed E-state index contributed by atoms with van der Waals surface area (Å²) in [7, 11) is -3.74. The van der Waals surface area contributed by atoms with Crippen LogP contribution in [0.1, 0.15) is 32.9 Å². The van der Waals surface area contributed by atoms with Crippen molar-refractivity contribution in [2.75, 3.05) is 11.3 Å². The summed E-state index contributed by atoms with van der Waals surface area (Å²) < 4.78 is 27.5. The predicted octanol–water partition coefficient (Wildman–Crippen LogP) is 3.92. The zero-order valence-electron chi connectivity index (χ0n) is 16.3. The zero-order valence-corrected chi connectivity index (χ0v) is 17.9. The largest absolute Gasteiger partial charge is 0.351 e. The van der Waals surface area contributed by atoms with Crippen molar-refractivity contribution in [1.29, 1.82) is 0 Å². The lowest BCUT2D eigenvalue weighted by Crippen LogP contribution is -2.24. The van der Waals surface area contributed by atoms with Gasteiger partial charge >= 0.3 is 0 Å². The van der Waals surface area contributed by atoms with Gasteiger partial charge in [0.15, 0.2) is 5.13 Å². The molecule has 0 fully saturated rings. The number of rotatable bonds is 8. The van der Waals surface area contributed by atoms with E-state index in [4.69, 9.17) is 0 Å². The summed E-state index contributed by atoms with van der Waals surface area (Å²) >= 11 is 1.03. The quantitative estimate of drug-likeness (QED) is 0.531. The van der Waals surface area contributed by atoms with Crippen molar-refractivity contribution in [3.05, 3.63) is 76.3 Å². The molecule has 0 saturated carbocycles. The number of amides is 1. The SMILES string of the molecule is Cc1ccc(S(=O)(=O)Nc2nc(C)c(C(=O)NCCCc3ccccc3)s2)cc1. The first-order valence-corrected chi connectivity index (χ1v) is 11.5. The Balaban J connectivity index is 1.59. The predicted molar refractivity (Wildman–Crippen MR) is 116 cm³/mol. The number of aryl methyl sites for hydroxylation is 3. The van der Waals surface area contributed by atoms with Crippen LogP contribution in [-0.4, -0.2) is 25.9 Å². The van der Waals surface area contributed by atoms with E-state index < -0.39 is 10.0 Å². The molecule has 0 aliphatic heterocycles. The Morgan fingerprint density at radius 3 is 2.41 bits per heavy atom. The number of aromatic nitrogens is 1. The lowest BCUT2D eigenvalue weighted by molar-refractivity contribution is 0.0956. The van der Waals surface area contributed by atoms with Crippen molar-refractivity contribution < 1.29 is 13.2 Å². The molecule has 1 aromatic heterocycles. The topological polar surface area (TPSA) is 88.2 Å². The Labute approximate surface area is 175 Å². The first-order chi connectivity index (χ1) is 13.8. The van der Waals surface area contributed by atoms with Gasteiger partial charge in [-0.3, -0.25) is 9.52 Å². The van der Waals surface area contributed by atoms with Gasteiger partial charge in [-0.25, -0.2) is 13.4 Å². The minimum atomic E-state index is -3.74. The van der Waals surface area contributed by atoms with Crippen LogP contribution in [-0.2, 0) is 16.4 Å². The number of carbonyl (C=O) groups excluding carboxylic acids is 1. The number of nitrogens with zero attached hydrogens (tertiary/aromatic N) is 1. The second kappa shape index (κ2) is 9.19. The summed E-state index contributed by atoms with van der Waals surface area (Å²) in [5.41, 5.74) is 2.70. The molecular formula is C21H23N3O3S2. The maximum atomic E-state index is 12.5. The molecule has 0 aliphatic carbocycles. The van der Waals surface area contributed by atoms with E-state index in [2.05, 4.69) is 27.2 Å². The number of hydrogen-bond acceptors (Lipinski definition) is 5. The van der Waals surface area contributed by atoms with Gasteiger partial charge in [0.1, 0.15) is 4.88 Å². The average molecular weight is 430 g/mol. The fraction of sp³-hybridized carbons (Fsp3) is 0.238. The number of thiazole rings is 1. The number of sulfonamides is 1. The zero-order chi connectivity index (χ0) is 20.9. The Morgan fingerprint density at radius 2 is 1.72 bits per heavy atom.